The summed E-state index contributed by atoms with van der Waals surface area (Å²) in [7, 11) is 0. The van der Waals surface area contributed by atoms with Crippen molar-refractivity contribution in [2.75, 3.05) is 0 Å². The average Bonchev–Trinajstić information content (AvgIpc) is 2.68. The maximum absolute atomic E-state index is 12.7. The summed E-state index contributed by atoms with van der Waals surface area (Å²) in [5, 5.41) is 6.36. The summed E-state index contributed by atoms with van der Waals surface area (Å²) in [6.45, 7) is 1.30. The summed E-state index contributed by atoms with van der Waals surface area (Å²) in [5.74, 6) is -0.297. The second kappa shape index (κ2) is 6.37. The van der Waals surface area contributed by atoms with Gasteiger partial charge in [-0.25, -0.2) is 0 Å². The molecule has 1 fully saturated rings. The Balaban J connectivity index is 2.04. The lowest BCUT2D eigenvalue weighted by Crippen LogP contribution is -2.38. The first-order chi connectivity index (χ1) is 9.79. The van der Waals surface area contributed by atoms with E-state index in [-0.39, 0.29) is 23.0 Å². The van der Waals surface area contributed by atoms with Crippen molar-refractivity contribution in [2.24, 2.45) is 0 Å². The molecule has 1 aliphatic carbocycles. The number of alkyl halides is 3. The molecule has 0 radical (unpaired) electrons. The zero-order valence-electron chi connectivity index (χ0n) is 11.6. The fourth-order valence-corrected chi connectivity index (χ4v) is 3.02. The molecule has 0 unspecified atom stereocenters. The van der Waals surface area contributed by atoms with Crippen LogP contribution in [-0.4, -0.2) is 21.7 Å². The number of amides is 1. The Hall–Kier alpha value is -1.05. The zero-order chi connectivity index (χ0) is 15.6. The monoisotopic (exact) mass is 367 g/mol. The highest BCUT2D eigenvalue weighted by molar-refractivity contribution is 9.10. The van der Waals surface area contributed by atoms with Crippen LogP contribution in [0.2, 0.25) is 0 Å². The minimum atomic E-state index is -4.53. The molecule has 118 valence electrons. The number of carbonyl (C=O) groups is 1. The summed E-state index contributed by atoms with van der Waals surface area (Å²) in [4.78, 5) is 11.9. The summed E-state index contributed by atoms with van der Waals surface area (Å²) >= 11 is 2.89. The first-order valence-electron chi connectivity index (χ1n) is 6.88. The highest BCUT2D eigenvalue weighted by Gasteiger charge is 2.38. The molecule has 4 nitrogen and oxygen atoms in total. The Morgan fingerprint density at radius 1 is 1.38 bits per heavy atom. The Labute approximate surface area is 129 Å². The minimum absolute atomic E-state index is 0.111. The first kappa shape index (κ1) is 16.3. The van der Waals surface area contributed by atoms with Crippen molar-refractivity contribution in [1.82, 2.24) is 15.1 Å². The van der Waals surface area contributed by atoms with Gasteiger partial charge in [0.25, 0.3) is 0 Å². The Morgan fingerprint density at radius 3 is 2.52 bits per heavy atom. The van der Waals surface area contributed by atoms with Crippen LogP contribution >= 0.6 is 15.9 Å². The van der Waals surface area contributed by atoms with Gasteiger partial charge in [-0.3, -0.25) is 9.48 Å². The predicted octanol–water partition coefficient (Wildman–Crippen LogP) is 3.42. The van der Waals surface area contributed by atoms with Crippen LogP contribution in [0.3, 0.4) is 0 Å². The molecule has 0 aromatic carbocycles. The Morgan fingerprint density at radius 2 is 2.00 bits per heavy atom. The largest absolute Gasteiger partial charge is 0.436 e. The molecule has 1 aromatic rings. The molecular formula is C13H17BrF3N3O. The number of halogens is 4. The molecule has 0 saturated heterocycles. The summed E-state index contributed by atoms with van der Waals surface area (Å²) < 4.78 is 39.2. The minimum Gasteiger partial charge on any atom is -0.352 e. The van der Waals surface area contributed by atoms with E-state index >= 15 is 0 Å². The van der Waals surface area contributed by atoms with Crippen LogP contribution in [0.5, 0.6) is 0 Å². The van der Waals surface area contributed by atoms with E-state index in [1.807, 2.05) is 0 Å². The van der Waals surface area contributed by atoms with E-state index in [2.05, 4.69) is 26.3 Å². The van der Waals surface area contributed by atoms with E-state index in [0.29, 0.717) is 5.69 Å². The van der Waals surface area contributed by atoms with Crippen molar-refractivity contribution in [1.29, 1.82) is 0 Å². The number of hydrogen-bond acceptors (Lipinski definition) is 2. The van der Waals surface area contributed by atoms with Crippen molar-refractivity contribution in [3.8, 4) is 0 Å². The van der Waals surface area contributed by atoms with Gasteiger partial charge >= 0.3 is 6.18 Å². The Kier molecular flexibility index (Phi) is 4.95. The van der Waals surface area contributed by atoms with E-state index < -0.39 is 11.9 Å². The van der Waals surface area contributed by atoms with Crippen LogP contribution in [0.1, 0.15) is 43.5 Å². The van der Waals surface area contributed by atoms with E-state index in [0.717, 1.165) is 30.4 Å². The maximum atomic E-state index is 12.7. The van der Waals surface area contributed by atoms with Gasteiger partial charge in [0.2, 0.25) is 5.91 Å². The molecule has 1 heterocycles. The van der Waals surface area contributed by atoms with Gasteiger partial charge in [0.15, 0.2) is 5.69 Å². The standard InChI is InChI=1S/C13H17BrF3N3O/c1-8-11(14)12(13(15,16)17)19-20(8)7-10(21)18-9-5-3-2-4-6-9/h9H,2-7H2,1H3,(H,18,21). The molecule has 0 bridgehead atoms. The molecule has 1 amide bonds. The average molecular weight is 368 g/mol. The van der Waals surface area contributed by atoms with Crippen molar-refractivity contribution in [2.45, 2.75) is 57.8 Å². The lowest BCUT2D eigenvalue weighted by Gasteiger charge is -2.22. The second-order valence-electron chi connectivity index (χ2n) is 5.31. The molecule has 0 aliphatic heterocycles. The first-order valence-corrected chi connectivity index (χ1v) is 7.68. The van der Waals surface area contributed by atoms with Crippen molar-refractivity contribution >= 4 is 21.8 Å². The SMILES string of the molecule is Cc1c(Br)c(C(F)(F)F)nn1CC(=O)NC1CCCCC1. The number of aromatic nitrogens is 2. The highest BCUT2D eigenvalue weighted by atomic mass is 79.9. The van der Waals surface area contributed by atoms with Gasteiger partial charge in [0.1, 0.15) is 6.54 Å². The molecule has 1 aromatic heterocycles. The van der Waals surface area contributed by atoms with Gasteiger partial charge in [0.05, 0.1) is 10.2 Å². The van der Waals surface area contributed by atoms with Gasteiger partial charge < -0.3 is 5.32 Å². The van der Waals surface area contributed by atoms with Gasteiger partial charge in [0, 0.05) is 6.04 Å². The highest BCUT2D eigenvalue weighted by Crippen LogP contribution is 2.35. The van der Waals surface area contributed by atoms with Crippen LogP contribution in [0, 0.1) is 6.92 Å². The van der Waals surface area contributed by atoms with Gasteiger partial charge in [-0.1, -0.05) is 19.3 Å². The Bertz CT molecular complexity index is 521. The summed E-state index contributed by atoms with van der Waals surface area (Å²) in [5.41, 5.74) is -0.702. The second-order valence-corrected chi connectivity index (χ2v) is 6.10. The lowest BCUT2D eigenvalue weighted by molar-refractivity contribution is -0.142. The third-order valence-corrected chi connectivity index (χ3v) is 4.61. The molecular weight excluding hydrogens is 351 g/mol. The van der Waals surface area contributed by atoms with Gasteiger partial charge in [-0.15, -0.1) is 0 Å². The summed E-state index contributed by atoms with van der Waals surface area (Å²) in [6.07, 6.45) is 0.662. The zero-order valence-corrected chi connectivity index (χ0v) is 13.2. The van der Waals surface area contributed by atoms with Crippen LogP contribution < -0.4 is 5.32 Å². The van der Waals surface area contributed by atoms with Crippen molar-refractivity contribution < 1.29 is 18.0 Å². The predicted molar refractivity (Wildman–Crippen MR) is 74.7 cm³/mol. The number of rotatable bonds is 3. The molecule has 0 spiro atoms. The molecule has 1 N–H and O–H groups in total. The van der Waals surface area contributed by atoms with Gasteiger partial charge in [-0.05, 0) is 35.7 Å². The van der Waals surface area contributed by atoms with E-state index in [4.69, 9.17) is 0 Å². The molecule has 0 atom stereocenters. The maximum Gasteiger partial charge on any atom is 0.436 e. The number of nitrogens with one attached hydrogen (secondary N) is 1. The van der Waals surface area contributed by atoms with Crippen LogP contribution in [0.25, 0.3) is 0 Å². The molecule has 1 saturated carbocycles. The molecule has 8 heteroatoms. The molecule has 1 aliphatic rings. The van der Waals surface area contributed by atoms with E-state index in [1.54, 1.807) is 0 Å². The lowest BCUT2D eigenvalue weighted by atomic mass is 9.95. The van der Waals surface area contributed by atoms with E-state index in [1.165, 1.54) is 13.3 Å². The third-order valence-electron chi connectivity index (χ3n) is 3.67. The smallest absolute Gasteiger partial charge is 0.352 e. The van der Waals surface area contributed by atoms with Crippen LogP contribution in [0.4, 0.5) is 13.2 Å². The third kappa shape index (κ3) is 3.99. The van der Waals surface area contributed by atoms with Crippen LogP contribution in [-0.2, 0) is 17.5 Å². The summed E-state index contributed by atoms with van der Waals surface area (Å²) in [6, 6.07) is 0.132. The molecule has 2 rings (SSSR count). The van der Waals surface area contributed by atoms with Crippen LogP contribution in [0.15, 0.2) is 4.47 Å². The fourth-order valence-electron chi connectivity index (χ4n) is 2.52. The number of nitrogens with zero attached hydrogens (tertiary/aromatic N) is 2. The molecule has 21 heavy (non-hydrogen) atoms. The number of carbonyl (C=O) groups excluding carboxylic acids is 1. The normalized spacial score (nSPS) is 17.0. The fraction of sp³-hybridized carbons (Fsp3) is 0.692. The van der Waals surface area contributed by atoms with Crippen molar-refractivity contribution in [3.05, 3.63) is 15.9 Å². The van der Waals surface area contributed by atoms with Crippen molar-refractivity contribution in [3.63, 3.8) is 0 Å². The topological polar surface area (TPSA) is 46.9 Å². The van der Waals surface area contributed by atoms with Gasteiger partial charge in [-0.2, -0.15) is 18.3 Å². The number of hydrogen-bond donors (Lipinski definition) is 1. The quantitative estimate of drug-likeness (QED) is 0.889. The van der Waals surface area contributed by atoms with E-state index in [9.17, 15) is 18.0 Å².